The standard InChI is InChI=1S/C13H20BrN3O2S/c1-13(19,8-20-2)7-15-10-5-16-17(6-9-3-4-9)12(18)11(10)14/h5,9,15,19H,3-4,6-8H2,1-2H3. The molecule has 0 aliphatic heterocycles. The largest absolute Gasteiger partial charge is 0.387 e. The van der Waals surface area contributed by atoms with Crippen molar-refractivity contribution in [2.45, 2.75) is 31.9 Å². The van der Waals surface area contributed by atoms with Crippen LogP contribution >= 0.6 is 27.7 Å². The van der Waals surface area contributed by atoms with Crippen molar-refractivity contribution in [1.82, 2.24) is 9.78 Å². The molecule has 1 aliphatic rings. The highest BCUT2D eigenvalue weighted by Crippen LogP contribution is 2.30. The van der Waals surface area contributed by atoms with Crippen molar-refractivity contribution in [3.05, 3.63) is 21.0 Å². The predicted molar refractivity (Wildman–Crippen MR) is 86.4 cm³/mol. The van der Waals surface area contributed by atoms with E-state index < -0.39 is 5.60 Å². The maximum atomic E-state index is 12.2. The van der Waals surface area contributed by atoms with Crippen LogP contribution in [0.2, 0.25) is 0 Å². The number of nitrogens with zero attached hydrogens (tertiary/aromatic N) is 2. The minimum Gasteiger partial charge on any atom is -0.387 e. The van der Waals surface area contributed by atoms with Crippen molar-refractivity contribution in [1.29, 1.82) is 0 Å². The molecule has 1 unspecified atom stereocenters. The van der Waals surface area contributed by atoms with Gasteiger partial charge in [0.25, 0.3) is 5.56 Å². The van der Waals surface area contributed by atoms with E-state index in [-0.39, 0.29) is 5.56 Å². The number of hydrogen-bond donors (Lipinski definition) is 2. The SMILES string of the molecule is CSCC(C)(O)CNc1cnn(CC2CC2)c(=O)c1Br. The molecular weight excluding hydrogens is 342 g/mol. The highest BCUT2D eigenvalue weighted by atomic mass is 79.9. The maximum absolute atomic E-state index is 12.2. The monoisotopic (exact) mass is 361 g/mol. The number of thioether (sulfide) groups is 1. The van der Waals surface area contributed by atoms with Gasteiger partial charge in [-0.25, -0.2) is 4.68 Å². The zero-order valence-corrected chi connectivity index (χ0v) is 14.1. The Morgan fingerprint density at radius 2 is 2.35 bits per heavy atom. The van der Waals surface area contributed by atoms with Gasteiger partial charge in [-0.15, -0.1) is 0 Å². The number of nitrogens with one attached hydrogen (secondary N) is 1. The Bertz CT molecular complexity index is 529. The van der Waals surface area contributed by atoms with E-state index in [1.165, 1.54) is 17.5 Å². The third-order valence-corrected chi connectivity index (χ3v) is 4.90. The van der Waals surface area contributed by atoms with Gasteiger partial charge in [0, 0.05) is 18.8 Å². The van der Waals surface area contributed by atoms with E-state index in [1.807, 2.05) is 6.26 Å². The second-order valence-electron chi connectivity index (χ2n) is 5.59. The fourth-order valence-corrected chi connectivity index (χ4v) is 3.08. The number of aliphatic hydroxyl groups is 1. The molecule has 0 bridgehead atoms. The molecule has 0 radical (unpaired) electrons. The molecule has 7 heteroatoms. The average Bonchev–Trinajstić information content (AvgIpc) is 3.18. The van der Waals surface area contributed by atoms with Crippen LogP contribution < -0.4 is 10.9 Å². The summed E-state index contributed by atoms with van der Waals surface area (Å²) in [6.07, 6.45) is 5.96. The average molecular weight is 362 g/mol. The molecule has 1 saturated carbocycles. The molecule has 2 N–H and O–H groups in total. The molecule has 20 heavy (non-hydrogen) atoms. The summed E-state index contributed by atoms with van der Waals surface area (Å²) in [5.41, 5.74) is -0.309. The Labute approximate surface area is 131 Å². The molecule has 1 fully saturated rings. The van der Waals surface area contributed by atoms with E-state index in [1.54, 1.807) is 24.9 Å². The number of halogens is 1. The van der Waals surface area contributed by atoms with E-state index in [0.29, 0.717) is 34.9 Å². The smallest absolute Gasteiger partial charge is 0.283 e. The van der Waals surface area contributed by atoms with Gasteiger partial charge in [-0.3, -0.25) is 4.79 Å². The predicted octanol–water partition coefficient (Wildman–Crippen LogP) is 1.94. The molecule has 2 rings (SSSR count). The van der Waals surface area contributed by atoms with Gasteiger partial charge in [0.2, 0.25) is 0 Å². The second kappa shape index (κ2) is 6.49. The molecule has 0 aromatic carbocycles. The first-order valence-electron chi connectivity index (χ1n) is 6.64. The Kier molecular flexibility index (Phi) is 5.14. The molecular formula is C13H20BrN3O2S. The van der Waals surface area contributed by atoms with Crippen LogP contribution in [0.25, 0.3) is 0 Å². The van der Waals surface area contributed by atoms with E-state index in [4.69, 9.17) is 0 Å². The summed E-state index contributed by atoms with van der Waals surface area (Å²) in [6, 6.07) is 0. The van der Waals surface area contributed by atoms with Gasteiger partial charge in [0.15, 0.2) is 0 Å². The third-order valence-electron chi connectivity index (χ3n) is 3.23. The van der Waals surface area contributed by atoms with Gasteiger partial charge in [-0.05, 0) is 47.9 Å². The fourth-order valence-electron chi connectivity index (χ4n) is 1.91. The first-order valence-corrected chi connectivity index (χ1v) is 8.82. The topological polar surface area (TPSA) is 67.2 Å². The van der Waals surface area contributed by atoms with Crippen molar-refractivity contribution in [2.24, 2.45) is 5.92 Å². The molecule has 112 valence electrons. The van der Waals surface area contributed by atoms with Crippen LogP contribution in [0, 0.1) is 5.92 Å². The van der Waals surface area contributed by atoms with Gasteiger partial charge in [0.05, 0.1) is 17.5 Å². The van der Waals surface area contributed by atoms with Gasteiger partial charge in [-0.1, -0.05) is 0 Å². The van der Waals surface area contributed by atoms with Crippen LogP contribution in [0.15, 0.2) is 15.5 Å². The van der Waals surface area contributed by atoms with Crippen LogP contribution in [0.3, 0.4) is 0 Å². The van der Waals surface area contributed by atoms with Crippen molar-refractivity contribution in [3.8, 4) is 0 Å². The van der Waals surface area contributed by atoms with E-state index in [9.17, 15) is 9.90 Å². The molecule has 1 aliphatic carbocycles. The second-order valence-corrected chi connectivity index (χ2v) is 7.25. The number of hydrogen-bond acceptors (Lipinski definition) is 5. The molecule has 0 spiro atoms. The van der Waals surface area contributed by atoms with Gasteiger partial charge >= 0.3 is 0 Å². The third kappa shape index (κ3) is 4.23. The molecule has 5 nitrogen and oxygen atoms in total. The Morgan fingerprint density at radius 3 is 2.95 bits per heavy atom. The van der Waals surface area contributed by atoms with Crippen LogP contribution in [-0.4, -0.2) is 39.0 Å². The molecule has 1 heterocycles. The molecule has 1 aromatic rings. The summed E-state index contributed by atoms with van der Waals surface area (Å²) >= 11 is 4.91. The minimum atomic E-state index is -0.818. The number of anilines is 1. The normalized spacial score (nSPS) is 17.8. The van der Waals surface area contributed by atoms with Crippen LogP contribution in [-0.2, 0) is 6.54 Å². The summed E-state index contributed by atoms with van der Waals surface area (Å²) < 4.78 is 1.99. The summed E-state index contributed by atoms with van der Waals surface area (Å²) in [5.74, 6) is 1.23. The highest BCUT2D eigenvalue weighted by Gasteiger charge is 2.24. The maximum Gasteiger partial charge on any atom is 0.283 e. The lowest BCUT2D eigenvalue weighted by atomic mass is 10.1. The van der Waals surface area contributed by atoms with Crippen LogP contribution in [0.4, 0.5) is 5.69 Å². The quantitative estimate of drug-likeness (QED) is 0.776. The van der Waals surface area contributed by atoms with Gasteiger partial charge in [-0.2, -0.15) is 16.9 Å². The molecule has 0 saturated heterocycles. The van der Waals surface area contributed by atoms with E-state index in [0.717, 1.165) is 0 Å². The van der Waals surface area contributed by atoms with Crippen molar-refractivity contribution in [2.75, 3.05) is 23.9 Å². The minimum absolute atomic E-state index is 0.119. The first kappa shape index (κ1) is 15.9. The lowest BCUT2D eigenvalue weighted by molar-refractivity contribution is 0.0997. The van der Waals surface area contributed by atoms with E-state index in [2.05, 4.69) is 26.3 Å². The fraction of sp³-hybridized carbons (Fsp3) is 0.692. The summed E-state index contributed by atoms with van der Waals surface area (Å²) in [6.45, 7) is 2.84. The summed E-state index contributed by atoms with van der Waals surface area (Å²) in [7, 11) is 0. The molecule has 1 atom stereocenters. The van der Waals surface area contributed by atoms with Crippen LogP contribution in [0.1, 0.15) is 19.8 Å². The lowest BCUT2D eigenvalue weighted by Gasteiger charge is -2.23. The van der Waals surface area contributed by atoms with Crippen molar-refractivity contribution >= 4 is 33.4 Å². The molecule has 0 amide bonds. The zero-order valence-electron chi connectivity index (χ0n) is 11.7. The van der Waals surface area contributed by atoms with Gasteiger partial charge in [0.1, 0.15) is 4.47 Å². The first-order chi connectivity index (χ1) is 9.43. The van der Waals surface area contributed by atoms with Crippen LogP contribution in [0.5, 0.6) is 0 Å². The Morgan fingerprint density at radius 1 is 1.65 bits per heavy atom. The summed E-state index contributed by atoms with van der Waals surface area (Å²) in [5, 5.41) is 17.4. The van der Waals surface area contributed by atoms with Crippen molar-refractivity contribution < 1.29 is 5.11 Å². The number of aromatic nitrogens is 2. The molecule has 1 aromatic heterocycles. The number of rotatable bonds is 7. The van der Waals surface area contributed by atoms with Crippen molar-refractivity contribution in [3.63, 3.8) is 0 Å². The summed E-state index contributed by atoms with van der Waals surface area (Å²) in [4.78, 5) is 12.2. The highest BCUT2D eigenvalue weighted by molar-refractivity contribution is 9.10. The zero-order chi connectivity index (χ0) is 14.8. The van der Waals surface area contributed by atoms with E-state index >= 15 is 0 Å². The Hall–Kier alpha value is -0.530. The Balaban J connectivity index is 2.05. The van der Waals surface area contributed by atoms with Gasteiger partial charge < -0.3 is 10.4 Å². The lowest BCUT2D eigenvalue weighted by Crippen LogP contribution is -2.36.